The van der Waals surface area contributed by atoms with Gasteiger partial charge in [-0.15, -0.1) is 5.10 Å². The minimum absolute atomic E-state index is 0.0839. The average molecular weight is 377 g/mol. The number of aromatic nitrogens is 5. The molecule has 0 aliphatic heterocycles. The Hall–Kier alpha value is -3.88. The first-order chi connectivity index (χ1) is 13.3. The Labute approximate surface area is 160 Å². The molecular weight excluding hydrogens is 358 g/mol. The van der Waals surface area contributed by atoms with Crippen LogP contribution in [-0.2, 0) is 7.05 Å². The van der Waals surface area contributed by atoms with Gasteiger partial charge in [-0.25, -0.2) is 9.50 Å². The Morgan fingerprint density at radius 3 is 2.61 bits per heavy atom. The fourth-order valence-corrected chi connectivity index (χ4v) is 3.43. The van der Waals surface area contributed by atoms with Crippen molar-refractivity contribution in [1.82, 2.24) is 24.4 Å². The molecule has 0 saturated carbocycles. The van der Waals surface area contributed by atoms with Crippen LogP contribution in [0.15, 0.2) is 30.6 Å². The summed E-state index contributed by atoms with van der Waals surface area (Å²) in [6, 6.07) is 5.17. The lowest BCUT2D eigenvalue weighted by Crippen LogP contribution is -2.16. The summed E-state index contributed by atoms with van der Waals surface area (Å²) in [5.74, 6) is -0.179. The van der Waals surface area contributed by atoms with E-state index >= 15 is 0 Å². The first-order valence-corrected chi connectivity index (χ1v) is 8.56. The lowest BCUT2D eigenvalue weighted by Gasteiger charge is -2.15. The maximum Gasteiger partial charge on any atom is 0.254 e. The van der Waals surface area contributed by atoms with E-state index in [0.717, 1.165) is 11.1 Å². The number of anilines is 1. The number of amides is 1. The van der Waals surface area contributed by atoms with E-state index in [4.69, 9.17) is 11.5 Å². The quantitative estimate of drug-likeness (QED) is 0.498. The zero-order valence-electron chi connectivity index (χ0n) is 15.6. The molecule has 9 nitrogen and oxygen atoms in total. The summed E-state index contributed by atoms with van der Waals surface area (Å²) in [6.07, 6.45) is 3.33. The molecule has 142 valence electrons. The topological polar surface area (TPSA) is 137 Å². The number of aryl methyl sites for hydroxylation is 2. The Morgan fingerprint density at radius 2 is 1.96 bits per heavy atom. The third-order valence-electron chi connectivity index (χ3n) is 4.88. The summed E-state index contributed by atoms with van der Waals surface area (Å²) in [5, 5.41) is 18.8. The predicted molar refractivity (Wildman–Crippen MR) is 105 cm³/mol. The molecule has 0 fully saturated rings. The van der Waals surface area contributed by atoms with Crippen molar-refractivity contribution >= 4 is 17.2 Å². The summed E-state index contributed by atoms with van der Waals surface area (Å²) in [5.41, 5.74) is 16.0. The van der Waals surface area contributed by atoms with Crippen molar-refractivity contribution in [2.45, 2.75) is 13.8 Å². The molecule has 4 aromatic rings. The number of carbonyl (C=O) groups is 1. The summed E-state index contributed by atoms with van der Waals surface area (Å²) >= 11 is 0. The van der Waals surface area contributed by atoms with Gasteiger partial charge in [0.2, 0.25) is 0 Å². The molecule has 9 heteroatoms. The van der Waals surface area contributed by atoms with Gasteiger partial charge < -0.3 is 16.6 Å². The number of aromatic hydroxyl groups is 1. The van der Waals surface area contributed by atoms with Crippen molar-refractivity contribution in [2.75, 3.05) is 5.73 Å². The third kappa shape index (κ3) is 2.48. The lowest BCUT2D eigenvalue weighted by molar-refractivity contribution is 0.100. The number of nitrogens with zero attached hydrogens (tertiary/aromatic N) is 5. The van der Waals surface area contributed by atoms with Gasteiger partial charge in [-0.1, -0.05) is 6.07 Å². The van der Waals surface area contributed by atoms with Gasteiger partial charge in [0.25, 0.3) is 5.91 Å². The van der Waals surface area contributed by atoms with E-state index in [2.05, 4.69) is 15.2 Å². The number of rotatable bonds is 3. The number of phenols is 1. The van der Waals surface area contributed by atoms with Gasteiger partial charge in [0.05, 0.1) is 5.69 Å². The number of pyridine rings is 1. The molecule has 3 heterocycles. The summed E-state index contributed by atoms with van der Waals surface area (Å²) < 4.78 is 3.11. The maximum absolute atomic E-state index is 12.2. The van der Waals surface area contributed by atoms with Crippen molar-refractivity contribution in [3.8, 4) is 28.4 Å². The zero-order chi connectivity index (χ0) is 20.2. The molecule has 0 saturated heterocycles. The van der Waals surface area contributed by atoms with Crippen molar-refractivity contribution < 1.29 is 9.90 Å². The van der Waals surface area contributed by atoms with Crippen LogP contribution in [0.1, 0.15) is 21.5 Å². The van der Waals surface area contributed by atoms with Crippen molar-refractivity contribution in [3.63, 3.8) is 0 Å². The highest BCUT2D eigenvalue weighted by atomic mass is 16.3. The number of carbonyl (C=O) groups excluding carboxylic acids is 1. The first kappa shape index (κ1) is 17.5. The van der Waals surface area contributed by atoms with E-state index in [1.807, 2.05) is 6.92 Å². The molecular formula is C19H19N7O2. The molecule has 0 aliphatic rings. The highest BCUT2D eigenvalue weighted by molar-refractivity contribution is 6.07. The van der Waals surface area contributed by atoms with Crippen molar-refractivity contribution in [2.24, 2.45) is 12.8 Å². The molecule has 0 spiro atoms. The van der Waals surface area contributed by atoms with Gasteiger partial charge in [0.15, 0.2) is 11.5 Å². The predicted octanol–water partition coefficient (Wildman–Crippen LogP) is 1.80. The molecule has 1 amide bonds. The van der Waals surface area contributed by atoms with Crippen LogP contribution < -0.4 is 11.5 Å². The second-order valence-corrected chi connectivity index (χ2v) is 6.64. The maximum atomic E-state index is 12.2. The Bertz CT molecular complexity index is 1250. The molecule has 4 rings (SSSR count). The number of nitrogen functional groups attached to an aromatic ring is 1. The van der Waals surface area contributed by atoms with Gasteiger partial charge in [0.1, 0.15) is 17.0 Å². The van der Waals surface area contributed by atoms with Crippen molar-refractivity contribution in [3.05, 3.63) is 47.3 Å². The van der Waals surface area contributed by atoms with Gasteiger partial charge in [-0.3, -0.25) is 9.48 Å². The Morgan fingerprint density at radius 1 is 1.21 bits per heavy atom. The van der Waals surface area contributed by atoms with E-state index in [9.17, 15) is 9.90 Å². The van der Waals surface area contributed by atoms with Crippen LogP contribution in [-0.4, -0.2) is 35.4 Å². The van der Waals surface area contributed by atoms with E-state index < -0.39 is 5.91 Å². The molecule has 3 aromatic heterocycles. The molecule has 28 heavy (non-hydrogen) atoms. The molecule has 0 radical (unpaired) electrons. The number of hydrogen-bond acceptors (Lipinski definition) is 6. The fraction of sp³-hybridized carbons (Fsp3) is 0.158. The minimum Gasteiger partial charge on any atom is -0.508 e. The molecule has 1 aromatic carbocycles. The number of hydrogen-bond donors (Lipinski definition) is 3. The van der Waals surface area contributed by atoms with Crippen molar-refractivity contribution in [1.29, 1.82) is 0 Å². The van der Waals surface area contributed by atoms with Gasteiger partial charge >= 0.3 is 0 Å². The van der Waals surface area contributed by atoms with Gasteiger partial charge in [-0.05, 0) is 42.7 Å². The number of phenolic OH excluding ortho intramolecular Hbond substituents is 1. The first-order valence-electron chi connectivity index (χ1n) is 8.56. The summed E-state index contributed by atoms with van der Waals surface area (Å²) in [6.45, 7) is 3.69. The molecule has 0 aliphatic carbocycles. The number of fused-ring (bicyclic) bond motifs is 1. The lowest BCUT2D eigenvalue weighted by atomic mass is 9.93. The summed E-state index contributed by atoms with van der Waals surface area (Å²) in [7, 11) is 1.77. The Kier molecular flexibility index (Phi) is 3.81. The number of primary amides is 1. The SMILES string of the molecule is Cc1ccc(O)c(C)c1-c1cn2nc(-c3ccnn3C)nc2c(C(N)=O)c1N. The van der Waals surface area contributed by atoms with Crippen LogP contribution in [0.4, 0.5) is 5.69 Å². The van der Waals surface area contributed by atoms with Crippen LogP contribution >= 0.6 is 0 Å². The molecule has 0 unspecified atom stereocenters. The van der Waals surface area contributed by atoms with Crippen LogP contribution in [0.25, 0.3) is 28.3 Å². The second kappa shape index (κ2) is 6.08. The number of benzene rings is 1. The van der Waals surface area contributed by atoms with Gasteiger partial charge in [-0.2, -0.15) is 5.10 Å². The molecule has 0 bridgehead atoms. The van der Waals surface area contributed by atoms with E-state index in [1.54, 1.807) is 49.2 Å². The zero-order valence-corrected chi connectivity index (χ0v) is 15.6. The average Bonchev–Trinajstić information content (AvgIpc) is 3.24. The minimum atomic E-state index is -0.705. The van der Waals surface area contributed by atoms with E-state index in [0.29, 0.717) is 22.6 Å². The number of nitrogens with two attached hydrogens (primary N) is 2. The largest absolute Gasteiger partial charge is 0.508 e. The molecule has 5 N–H and O–H groups in total. The van der Waals surface area contributed by atoms with Crippen LogP contribution in [0.3, 0.4) is 0 Å². The monoisotopic (exact) mass is 377 g/mol. The van der Waals surface area contributed by atoms with Crippen LogP contribution in [0, 0.1) is 13.8 Å². The Balaban J connectivity index is 2.08. The van der Waals surface area contributed by atoms with E-state index in [-0.39, 0.29) is 22.6 Å². The second-order valence-electron chi connectivity index (χ2n) is 6.64. The smallest absolute Gasteiger partial charge is 0.254 e. The van der Waals surface area contributed by atoms with E-state index in [1.165, 1.54) is 4.52 Å². The molecule has 0 atom stereocenters. The van der Waals surface area contributed by atoms with Crippen LogP contribution in [0.5, 0.6) is 5.75 Å². The fourth-order valence-electron chi connectivity index (χ4n) is 3.43. The van der Waals surface area contributed by atoms with Gasteiger partial charge in [0, 0.05) is 25.0 Å². The van der Waals surface area contributed by atoms with Crippen LogP contribution in [0.2, 0.25) is 0 Å². The summed E-state index contributed by atoms with van der Waals surface area (Å²) in [4.78, 5) is 16.7. The normalized spacial score (nSPS) is 11.2. The highest BCUT2D eigenvalue weighted by Crippen LogP contribution is 2.38. The third-order valence-corrected chi connectivity index (χ3v) is 4.88. The highest BCUT2D eigenvalue weighted by Gasteiger charge is 2.23. The standard InChI is InChI=1S/C19H19N7O2/c1-9-4-5-13(27)10(2)14(9)11-8-26-19(15(16(11)20)17(21)28)23-18(24-26)12-6-7-22-25(12)3/h4-8,27H,20H2,1-3H3,(H2,21,28).